The second-order valence-electron chi connectivity index (χ2n) is 14.5. The number of fused-ring (bicyclic) bond motifs is 20. The first-order chi connectivity index (χ1) is 27.7. The topological polar surface area (TPSA) is 98.9 Å². The SMILES string of the molecule is C.[Pt].c1ccc2cc3c(cc2c1)C1=NC3=NC2=NC(=NC3=NC(=NC4=NC(=N1)c1cc5ccccc5cc14)c1cc4ccccc4cc13)c1cc3ccccc3cc12. The maximum absolute atomic E-state index is 5.24. The molecule has 0 spiro atoms. The van der Waals surface area contributed by atoms with Gasteiger partial charge in [0.05, 0.1) is 0 Å². The van der Waals surface area contributed by atoms with E-state index in [1.165, 1.54) is 0 Å². The average Bonchev–Trinajstić information content (AvgIpc) is 3.95. The standard InChI is InChI=1S/C48H24N8.CH4.Pt/c1-2-10-26-18-34-33(17-25(26)9-1)41-49-42(34)54-44-37-21-29-13-5-6-14-30(29)22-38(37)46(51-44)56-48-40-24-32-16-8-7-15-31(32)23-39(40)47(52-48)55-45-36-20-28-12-4-3-11-27(28)19-35(36)43(50-45)53-41;;/h1-24H;1H4;. The van der Waals surface area contributed by atoms with Crippen molar-refractivity contribution in [1.82, 2.24) is 0 Å². The normalized spacial score (nSPS) is 15.4. The summed E-state index contributed by atoms with van der Waals surface area (Å²) >= 11 is 0. The molecule has 0 aromatic heterocycles. The molecule has 5 heterocycles. The molecule has 8 nitrogen and oxygen atoms in total. The molecule has 58 heavy (non-hydrogen) atoms. The first-order valence-corrected chi connectivity index (χ1v) is 18.5. The van der Waals surface area contributed by atoms with Gasteiger partial charge in [-0.2, -0.15) is 0 Å². The van der Waals surface area contributed by atoms with Crippen LogP contribution in [0.5, 0.6) is 0 Å². The minimum Gasteiger partial charge on any atom is -0.208 e. The van der Waals surface area contributed by atoms with Crippen molar-refractivity contribution in [3.8, 4) is 0 Å². The summed E-state index contributed by atoms with van der Waals surface area (Å²) in [6, 6.07) is 50.4. The third-order valence-corrected chi connectivity index (χ3v) is 11.2. The summed E-state index contributed by atoms with van der Waals surface area (Å²) in [5.74, 6) is 4.28. The molecule has 5 aliphatic rings. The Morgan fingerprint density at radius 3 is 0.448 bits per heavy atom. The molecule has 13 rings (SSSR count). The van der Waals surface area contributed by atoms with Crippen LogP contribution in [-0.2, 0) is 21.1 Å². The fourth-order valence-electron chi connectivity index (χ4n) is 8.41. The van der Waals surface area contributed by atoms with Gasteiger partial charge in [0.2, 0.25) is 0 Å². The first kappa shape index (κ1) is 34.1. The van der Waals surface area contributed by atoms with Crippen molar-refractivity contribution in [1.29, 1.82) is 0 Å². The summed E-state index contributed by atoms with van der Waals surface area (Å²) in [4.78, 5) is 41.6. The molecule has 9 heteroatoms. The molecular formula is C49H28N8Pt. The van der Waals surface area contributed by atoms with Gasteiger partial charge in [0.25, 0.3) is 0 Å². The summed E-state index contributed by atoms with van der Waals surface area (Å²) in [6.45, 7) is 0. The molecule has 0 fully saturated rings. The molecule has 8 aromatic rings. The van der Waals surface area contributed by atoms with Gasteiger partial charge in [0, 0.05) is 65.6 Å². The van der Waals surface area contributed by atoms with Crippen molar-refractivity contribution in [2.75, 3.05) is 0 Å². The maximum atomic E-state index is 5.24. The Bertz CT molecular complexity index is 3000. The van der Waals surface area contributed by atoms with Gasteiger partial charge in [-0.15, -0.1) is 0 Å². The predicted octanol–water partition coefficient (Wildman–Crippen LogP) is 10.1. The molecule has 0 atom stereocenters. The number of aliphatic imine (C=N–C) groups is 8. The molecule has 0 saturated heterocycles. The molecule has 5 aliphatic heterocycles. The third kappa shape index (κ3) is 5.05. The van der Waals surface area contributed by atoms with Gasteiger partial charge in [0.15, 0.2) is 46.7 Å². The quantitative estimate of drug-likeness (QED) is 0.145. The van der Waals surface area contributed by atoms with Crippen LogP contribution in [0.15, 0.2) is 186 Å². The van der Waals surface area contributed by atoms with Crippen LogP contribution in [0.4, 0.5) is 0 Å². The van der Waals surface area contributed by atoms with Crippen LogP contribution in [0.2, 0.25) is 0 Å². The zero-order valence-corrected chi connectivity index (χ0v) is 32.0. The number of amidine groups is 8. The molecule has 0 saturated carbocycles. The summed E-state index contributed by atoms with van der Waals surface area (Å²) < 4.78 is 0. The van der Waals surface area contributed by atoms with Crippen LogP contribution in [0, 0.1) is 0 Å². The second-order valence-corrected chi connectivity index (χ2v) is 14.5. The van der Waals surface area contributed by atoms with E-state index in [2.05, 4.69) is 97.1 Å². The Morgan fingerprint density at radius 2 is 0.328 bits per heavy atom. The van der Waals surface area contributed by atoms with Crippen molar-refractivity contribution in [3.05, 3.63) is 190 Å². The molecule has 0 N–H and O–H groups in total. The number of benzene rings is 8. The number of rotatable bonds is 0. The van der Waals surface area contributed by atoms with Crippen molar-refractivity contribution < 1.29 is 21.1 Å². The zero-order valence-electron chi connectivity index (χ0n) is 29.8. The van der Waals surface area contributed by atoms with Crippen LogP contribution in [0.25, 0.3) is 43.1 Å². The first-order valence-electron chi connectivity index (χ1n) is 18.5. The number of nitrogens with zero attached hydrogens (tertiary/aromatic N) is 8. The zero-order chi connectivity index (χ0) is 36.5. The molecule has 0 amide bonds. The largest absolute Gasteiger partial charge is 0.208 e. The van der Waals surface area contributed by atoms with Gasteiger partial charge < -0.3 is 0 Å². The van der Waals surface area contributed by atoms with Crippen LogP contribution in [0.3, 0.4) is 0 Å². The third-order valence-electron chi connectivity index (χ3n) is 11.2. The number of hydrogen-bond acceptors (Lipinski definition) is 8. The van der Waals surface area contributed by atoms with Crippen LogP contribution in [-0.4, -0.2) is 46.7 Å². The van der Waals surface area contributed by atoms with Gasteiger partial charge in [-0.3, -0.25) is 0 Å². The fraction of sp³-hybridized carbons (Fsp3) is 0.0204. The smallest absolute Gasteiger partial charge is 0.164 e. The Kier molecular flexibility index (Phi) is 7.46. The van der Waals surface area contributed by atoms with E-state index in [-0.39, 0.29) is 28.5 Å². The minimum absolute atomic E-state index is 0. The Morgan fingerprint density at radius 1 is 0.207 bits per heavy atom. The molecule has 0 aliphatic carbocycles. The second kappa shape index (κ2) is 12.7. The summed E-state index contributed by atoms with van der Waals surface area (Å²) in [7, 11) is 0. The van der Waals surface area contributed by atoms with Crippen LogP contribution >= 0.6 is 0 Å². The predicted molar refractivity (Wildman–Crippen MR) is 235 cm³/mol. The monoisotopic (exact) mass is 923 g/mol. The summed E-state index contributed by atoms with van der Waals surface area (Å²) in [5.41, 5.74) is 7.06. The average molecular weight is 924 g/mol. The van der Waals surface area contributed by atoms with Crippen LogP contribution < -0.4 is 0 Å². The van der Waals surface area contributed by atoms with Crippen molar-refractivity contribution in [2.45, 2.75) is 7.43 Å². The van der Waals surface area contributed by atoms with E-state index in [1.807, 2.05) is 48.5 Å². The van der Waals surface area contributed by atoms with E-state index in [4.69, 9.17) is 39.9 Å². The Balaban J connectivity index is 0.00000193. The molecular weight excluding hydrogens is 896 g/mol. The minimum atomic E-state index is 0. The van der Waals surface area contributed by atoms with Crippen molar-refractivity contribution in [2.24, 2.45) is 39.9 Å². The summed E-state index contributed by atoms with van der Waals surface area (Å²) in [5, 5.41) is 8.70. The molecule has 274 valence electrons. The van der Waals surface area contributed by atoms with Gasteiger partial charge in [-0.1, -0.05) is 104 Å². The van der Waals surface area contributed by atoms with Crippen molar-refractivity contribution >= 4 is 89.8 Å². The van der Waals surface area contributed by atoms with Crippen LogP contribution in [0.1, 0.15) is 51.9 Å². The van der Waals surface area contributed by atoms with E-state index in [0.29, 0.717) is 46.7 Å². The van der Waals surface area contributed by atoms with Gasteiger partial charge in [-0.05, 0) is 91.6 Å². The maximum Gasteiger partial charge on any atom is 0.164 e. The molecule has 8 aromatic carbocycles. The Hall–Kier alpha value is -7.15. The summed E-state index contributed by atoms with van der Waals surface area (Å²) in [6.07, 6.45) is 0. The molecule has 8 bridgehead atoms. The molecule has 0 radical (unpaired) electrons. The van der Waals surface area contributed by atoms with E-state index < -0.39 is 0 Å². The van der Waals surface area contributed by atoms with Crippen molar-refractivity contribution in [3.63, 3.8) is 0 Å². The van der Waals surface area contributed by atoms with E-state index in [9.17, 15) is 0 Å². The fourth-order valence-corrected chi connectivity index (χ4v) is 8.41. The van der Waals surface area contributed by atoms with E-state index in [1.54, 1.807) is 0 Å². The molecule has 0 unspecified atom stereocenters. The van der Waals surface area contributed by atoms with E-state index >= 15 is 0 Å². The van der Waals surface area contributed by atoms with Gasteiger partial charge in [-0.25, -0.2) is 39.9 Å². The van der Waals surface area contributed by atoms with E-state index in [0.717, 1.165) is 87.6 Å². The van der Waals surface area contributed by atoms with Gasteiger partial charge in [0.1, 0.15) is 0 Å². The number of hydrogen-bond donors (Lipinski definition) is 0. The van der Waals surface area contributed by atoms with Gasteiger partial charge >= 0.3 is 0 Å². The Labute approximate surface area is 346 Å².